The molecule has 5 nitrogen and oxygen atoms in total. The maximum atomic E-state index is 13.0. The van der Waals surface area contributed by atoms with E-state index >= 15 is 0 Å². The van der Waals surface area contributed by atoms with E-state index < -0.39 is 0 Å². The van der Waals surface area contributed by atoms with Gasteiger partial charge in [0.1, 0.15) is 0 Å². The van der Waals surface area contributed by atoms with Crippen molar-refractivity contribution in [2.75, 3.05) is 6.54 Å². The van der Waals surface area contributed by atoms with Crippen molar-refractivity contribution >= 4 is 17.5 Å². The second-order valence-corrected chi connectivity index (χ2v) is 7.27. The first-order chi connectivity index (χ1) is 13.5. The van der Waals surface area contributed by atoms with E-state index in [0.717, 1.165) is 17.5 Å². The maximum Gasteiger partial charge on any atom is 0.255 e. The highest BCUT2D eigenvalue weighted by atomic mass is 35.5. The van der Waals surface area contributed by atoms with Crippen molar-refractivity contribution in [3.63, 3.8) is 0 Å². The van der Waals surface area contributed by atoms with Crippen LogP contribution in [0.2, 0.25) is 5.02 Å². The summed E-state index contributed by atoms with van der Waals surface area (Å²) >= 11 is 6.22. The van der Waals surface area contributed by atoms with Gasteiger partial charge in [0.2, 0.25) is 11.7 Å². The number of amides is 1. The Kier molecular flexibility index (Phi) is 6.47. The zero-order valence-corrected chi connectivity index (χ0v) is 17.1. The fourth-order valence-corrected chi connectivity index (χ4v) is 3.22. The van der Waals surface area contributed by atoms with Gasteiger partial charge in [0.25, 0.3) is 5.91 Å². The van der Waals surface area contributed by atoms with Crippen LogP contribution >= 0.6 is 11.6 Å². The van der Waals surface area contributed by atoms with Crippen molar-refractivity contribution < 1.29 is 9.32 Å². The van der Waals surface area contributed by atoms with E-state index in [0.29, 0.717) is 35.3 Å². The van der Waals surface area contributed by atoms with E-state index in [4.69, 9.17) is 16.1 Å². The standard InChI is InChI=1S/C22H24ClN3O2/c1-4-16(3)26(22(27)18-10-5-6-11-19(18)23)13-12-20-24-21(25-28-20)17-9-7-8-15(2)14-17/h5-11,14,16H,4,12-13H2,1-3H3/t16-/m0/s1. The zero-order valence-electron chi connectivity index (χ0n) is 16.4. The fourth-order valence-electron chi connectivity index (χ4n) is 3.01. The predicted molar refractivity (Wildman–Crippen MR) is 110 cm³/mol. The summed E-state index contributed by atoms with van der Waals surface area (Å²) in [6.07, 6.45) is 1.33. The molecule has 146 valence electrons. The van der Waals surface area contributed by atoms with Crippen LogP contribution in [0.3, 0.4) is 0 Å². The maximum absolute atomic E-state index is 13.0. The molecule has 1 amide bonds. The molecule has 3 rings (SSSR count). The number of aryl methyl sites for hydroxylation is 1. The molecule has 3 aromatic rings. The Bertz CT molecular complexity index is 954. The van der Waals surface area contributed by atoms with E-state index in [1.54, 1.807) is 12.1 Å². The Morgan fingerprint density at radius 3 is 2.71 bits per heavy atom. The summed E-state index contributed by atoms with van der Waals surface area (Å²) in [7, 11) is 0. The molecule has 0 aliphatic heterocycles. The second kappa shape index (κ2) is 9.02. The van der Waals surface area contributed by atoms with Crippen molar-refractivity contribution in [1.82, 2.24) is 15.0 Å². The minimum absolute atomic E-state index is 0.0722. The van der Waals surface area contributed by atoms with Crippen molar-refractivity contribution in [1.29, 1.82) is 0 Å². The van der Waals surface area contributed by atoms with E-state index in [1.807, 2.05) is 55.1 Å². The molecular formula is C22H24ClN3O2. The third kappa shape index (κ3) is 4.60. The van der Waals surface area contributed by atoms with Crippen LogP contribution in [-0.4, -0.2) is 33.5 Å². The van der Waals surface area contributed by atoms with Crippen molar-refractivity contribution in [3.8, 4) is 11.4 Å². The minimum atomic E-state index is -0.0848. The molecule has 0 saturated heterocycles. The van der Waals surface area contributed by atoms with Crippen LogP contribution in [0.5, 0.6) is 0 Å². The molecule has 2 aromatic carbocycles. The average Bonchev–Trinajstić information content (AvgIpc) is 3.17. The number of benzene rings is 2. The lowest BCUT2D eigenvalue weighted by molar-refractivity contribution is 0.0686. The molecule has 1 aromatic heterocycles. The molecule has 0 aliphatic rings. The number of nitrogens with zero attached hydrogens (tertiary/aromatic N) is 3. The molecule has 0 bridgehead atoms. The van der Waals surface area contributed by atoms with Gasteiger partial charge >= 0.3 is 0 Å². The highest BCUT2D eigenvalue weighted by Gasteiger charge is 2.23. The third-order valence-corrected chi connectivity index (χ3v) is 5.13. The molecule has 0 N–H and O–H groups in total. The molecule has 0 spiro atoms. The Morgan fingerprint density at radius 2 is 2.00 bits per heavy atom. The summed E-state index contributed by atoms with van der Waals surface area (Å²) in [6.45, 7) is 6.59. The second-order valence-electron chi connectivity index (χ2n) is 6.87. The molecule has 0 unspecified atom stereocenters. The first-order valence-corrected chi connectivity index (χ1v) is 9.82. The van der Waals surface area contributed by atoms with Gasteiger partial charge in [-0.3, -0.25) is 4.79 Å². The van der Waals surface area contributed by atoms with E-state index in [-0.39, 0.29) is 11.9 Å². The molecule has 28 heavy (non-hydrogen) atoms. The number of rotatable bonds is 7. The van der Waals surface area contributed by atoms with E-state index in [2.05, 4.69) is 17.1 Å². The Hall–Kier alpha value is -2.66. The lowest BCUT2D eigenvalue weighted by atomic mass is 10.1. The Balaban J connectivity index is 1.74. The van der Waals surface area contributed by atoms with Gasteiger partial charge in [-0.1, -0.05) is 59.6 Å². The van der Waals surface area contributed by atoms with E-state index in [1.165, 1.54) is 0 Å². The molecule has 0 saturated carbocycles. The highest BCUT2D eigenvalue weighted by molar-refractivity contribution is 6.33. The Labute approximate surface area is 170 Å². The van der Waals surface area contributed by atoms with Gasteiger partial charge in [0.15, 0.2) is 0 Å². The fraction of sp³-hybridized carbons (Fsp3) is 0.318. The average molecular weight is 398 g/mol. The number of aromatic nitrogens is 2. The van der Waals surface area contributed by atoms with E-state index in [9.17, 15) is 4.79 Å². The monoisotopic (exact) mass is 397 g/mol. The van der Waals surface area contributed by atoms with Crippen LogP contribution in [0, 0.1) is 6.92 Å². The van der Waals surface area contributed by atoms with Gasteiger partial charge in [-0.25, -0.2) is 0 Å². The van der Waals surface area contributed by atoms with Gasteiger partial charge in [-0.15, -0.1) is 0 Å². The summed E-state index contributed by atoms with van der Waals surface area (Å²) < 4.78 is 5.41. The summed E-state index contributed by atoms with van der Waals surface area (Å²) in [5.74, 6) is 0.987. The van der Waals surface area contributed by atoms with Crippen LogP contribution in [0.15, 0.2) is 53.1 Å². The molecule has 0 aliphatic carbocycles. The van der Waals surface area contributed by atoms with Crippen LogP contribution in [0.25, 0.3) is 11.4 Å². The smallest absolute Gasteiger partial charge is 0.255 e. The number of hydrogen-bond donors (Lipinski definition) is 0. The van der Waals surface area contributed by atoms with Gasteiger partial charge in [0.05, 0.1) is 10.6 Å². The van der Waals surface area contributed by atoms with Crippen molar-refractivity contribution in [3.05, 3.63) is 70.6 Å². The highest BCUT2D eigenvalue weighted by Crippen LogP contribution is 2.20. The third-order valence-electron chi connectivity index (χ3n) is 4.80. The SMILES string of the molecule is CC[C@H](C)N(CCc1nc(-c2cccc(C)c2)no1)C(=O)c1ccccc1Cl. The molecule has 1 atom stereocenters. The lowest BCUT2D eigenvalue weighted by Gasteiger charge is -2.28. The molecular weight excluding hydrogens is 374 g/mol. The first kappa shape index (κ1) is 20.1. The van der Waals surface area contributed by atoms with Gasteiger partial charge < -0.3 is 9.42 Å². The lowest BCUT2D eigenvalue weighted by Crippen LogP contribution is -2.40. The number of hydrogen-bond acceptors (Lipinski definition) is 4. The summed E-state index contributed by atoms with van der Waals surface area (Å²) in [5.41, 5.74) is 2.56. The summed E-state index contributed by atoms with van der Waals surface area (Å²) in [6, 6.07) is 15.1. The molecule has 0 radical (unpaired) electrons. The van der Waals surface area contributed by atoms with Gasteiger partial charge in [-0.05, 0) is 38.5 Å². The topological polar surface area (TPSA) is 59.2 Å². The van der Waals surface area contributed by atoms with Crippen LogP contribution < -0.4 is 0 Å². The molecule has 1 heterocycles. The summed E-state index contributed by atoms with van der Waals surface area (Å²) in [4.78, 5) is 19.3. The number of halogens is 1. The normalized spacial score (nSPS) is 12.0. The summed E-state index contributed by atoms with van der Waals surface area (Å²) in [5, 5.41) is 4.54. The van der Waals surface area contributed by atoms with Crippen LogP contribution in [0.1, 0.15) is 42.1 Å². The number of carbonyl (C=O) groups is 1. The van der Waals surface area contributed by atoms with Crippen molar-refractivity contribution in [2.24, 2.45) is 0 Å². The minimum Gasteiger partial charge on any atom is -0.339 e. The van der Waals surface area contributed by atoms with Crippen LogP contribution in [0.4, 0.5) is 0 Å². The Morgan fingerprint density at radius 1 is 1.21 bits per heavy atom. The largest absolute Gasteiger partial charge is 0.339 e. The van der Waals surface area contributed by atoms with Gasteiger partial charge in [-0.2, -0.15) is 4.98 Å². The zero-order chi connectivity index (χ0) is 20.1. The van der Waals surface area contributed by atoms with Crippen molar-refractivity contribution in [2.45, 2.75) is 39.7 Å². The quantitative estimate of drug-likeness (QED) is 0.551. The predicted octanol–water partition coefficient (Wildman–Crippen LogP) is 5.18. The number of carbonyl (C=O) groups excluding carboxylic acids is 1. The first-order valence-electron chi connectivity index (χ1n) is 9.44. The molecule has 0 fully saturated rings. The van der Waals surface area contributed by atoms with Gasteiger partial charge in [0, 0.05) is 24.6 Å². The van der Waals surface area contributed by atoms with Crippen LogP contribution in [-0.2, 0) is 6.42 Å². The molecule has 6 heteroatoms.